The minimum Gasteiger partial charge on any atom is -0.486 e. The molecular formula is C24H27NO4. The summed E-state index contributed by atoms with van der Waals surface area (Å²) in [4.78, 5) is 24.2. The predicted octanol–water partition coefficient (Wildman–Crippen LogP) is 4.76. The summed E-state index contributed by atoms with van der Waals surface area (Å²) < 4.78 is 11.5. The highest BCUT2D eigenvalue weighted by atomic mass is 16.5. The monoisotopic (exact) mass is 393 g/mol. The Kier molecular flexibility index (Phi) is 4.49. The molecule has 0 aliphatic heterocycles. The van der Waals surface area contributed by atoms with Crippen LogP contribution in [0.2, 0.25) is 0 Å². The first-order valence-corrected chi connectivity index (χ1v) is 10.6. The summed E-state index contributed by atoms with van der Waals surface area (Å²) in [7, 11) is 0. The molecule has 1 aromatic carbocycles. The summed E-state index contributed by atoms with van der Waals surface area (Å²) in [6.07, 6.45) is 7.42. The molecule has 1 aromatic heterocycles. The second-order valence-electron chi connectivity index (χ2n) is 9.29. The van der Waals surface area contributed by atoms with Gasteiger partial charge in [-0.2, -0.15) is 0 Å². The van der Waals surface area contributed by atoms with E-state index in [0.717, 1.165) is 37.0 Å². The van der Waals surface area contributed by atoms with Gasteiger partial charge in [0.15, 0.2) is 11.5 Å². The van der Waals surface area contributed by atoms with Gasteiger partial charge in [-0.1, -0.05) is 0 Å². The standard InChI is InChI=1S/C24H27NO4/c1-15(26)19-2-4-20(5-3-19)28-14-21-6-7-22(29-21)23(27)25-24-11-16-8-17(12-24)10-18(9-16)13-24/h2-7,16-18H,8-14H2,1H3,(H,25,27). The summed E-state index contributed by atoms with van der Waals surface area (Å²) in [5.41, 5.74) is 0.632. The lowest BCUT2D eigenvalue weighted by molar-refractivity contribution is -0.0171. The second-order valence-corrected chi connectivity index (χ2v) is 9.29. The Morgan fingerprint density at radius 2 is 1.62 bits per heavy atom. The molecule has 4 aliphatic rings. The molecule has 1 N–H and O–H groups in total. The van der Waals surface area contributed by atoms with Gasteiger partial charge in [-0.05, 0) is 99.6 Å². The van der Waals surface area contributed by atoms with Crippen LogP contribution in [0.5, 0.6) is 5.75 Å². The van der Waals surface area contributed by atoms with Crippen molar-refractivity contribution in [2.45, 2.75) is 57.6 Å². The Bertz CT molecular complexity index is 891. The van der Waals surface area contributed by atoms with Gasteiger partial charge in [-0.25, -0.2) is 0 Å². The smallest absolute Gasteiger partial charge is 0.287 e. The van der Waals surface area contributed by atoms with Gasteiger partial charge in [0.2, 0.25) is 0 Å². The lowest BCUT2D eigenvalue weighted by atomic mass is 9.53. The van der Waals surface area contributed by atoms with E-state index < -0.39 is 0 Å². The van der Waals surface area contributed by atoms with Gasteiger partial charge in [0, 0.05) is 11.1 Å². The fraction of sp³-hybridized carbons (Fsp3) is 0.500. The second kappa shape index (κ2) is 7.05. The van der Waals surface area contributed by atoms with Crippen molar-refractivity contribution in [2.75, 3.05) is 0 Å². The molecule has 4 bridgehead atoms. The molecule has 0 unspecified atom stereocenters. The van der Waals surface area contributed by atoms with Crippen molar-refractivity contribution in [3.8, 4) is 5.75 Å². The van der Waals surface area contributed by atoms with Crippen molar-refractivity contribution < 1.29 is 18.7 Å². The minimum atomic E-state index is -0.107. The number of nitrogens with one attached hydrogen (secondary N) is 1. The lowest BCUT2D eigenvalue weighted by Crippen LogP contribution is -2.59. The van der Waals surface area contributed by atoms with Gasteiger partial charge in [0.25, 0.3) is 5.91 Å². The first-order chi connectivity index (χ1) is 14.0. The highest BCUT2D eigenvalue weighted by Crippen LogP contribution is 2.55. The predicted molar refractivity (Wildman–Crippen MR) is 108 cm³/mol. The van der Waals surface area contributed by atoms with Crippen LogP contribution < -0.4 is 10.1 Å². The molecule has 29 heavy (non-hydrogen) atoms. The molecule has 0 spiro atoms. The van der Waals surface area contributed by atoms with Crippen molar-refractivity contribution in [2.24, 2.45) is 17.8 Å². The van der Waals surface area contributed by atoms with Crippen LogP contribution in [-0.2, 0) is 6.61 Å². The molecule has 0 radical (unpaired) electrons. The molecule has 2 aromatic rings. The quantitative estimate of drug-likeness (QED) is 0.719. The third-order valence-electron chi connectivity index (χ3n) is 6.94. The molecule has 1 amide bonds. The summed E-state index contributed by atoms with van der Waals surface area (Å²) in [5.74, 6) is 3.90. The summed E-state index contributed by atoms with van der Waals surface area (Å²) >= 11 is 0. The summed E-state index contributed by atoms with van der Waals surface area (Å²) in [6, 6.07) is 10.5. The maximum Gasteiger partial charge on any atom is 0.287 e. The number of amides is 1. The Labute approximate surface area is 170 Å². The SMILES string of the molecule is CC(=O)c1ccc(OCc2ccc(C(=O)NC34CC5CC(CC(C5)C3)C4)o2)cc1. The number of rotatable bonds is 6. The average molecular weight is 393 g/mol. The first-order valence-electron chi connectivity index (χ1n) is 10.6. The number of benzene rings is 1. The van der Waals surface area contributed by atoms with Crippen molar-refractivity contribution in [1.82, 2.24) is 5.32 Å². The third-order valence-corrected chi connectivity index (χ3v) is 6.94. The molecule has 4 saturated carbocycles. The highest BCUT2D eigenvalue weighted by molar-refractivity contribution is 5.94. The maximum absolute atomic E-state index is 12.8. The van der Waals surface area contributed by atoms with Crippen LogP contribution >= 0.6 is 0 Å². The molecule has 1 heterocycles. The number of ether oxygens (including phenoxy) is 1. The number of Topliss-reactive ketones (excluding diaryl/α,β-unsaturated/α-hetero) is 1. The van der Waals surface area contributed by atoms with Crippen LogP contribution in [0.4, 0.5) is 0 Å². The number of carbonyl (C=O) groups excluding carboxylic acids is 2. The van der Waals surface area contributed by atoms with Crippen molar-refractivity contribution in [1.29, 1.82) is 0 Å². The van der Waals surface area contributed by atoms with Gasteiger partial charge >= 0.3 is 0 Å². The normalized spacial score (nSPS) is 29.6. The van der Waals surface area contributed by atoms with E-state index in [2.05, 4.69) is 5.32 Å². The zero-order valence-electron chi connectivity index (χ0n) is 16.8. The van der Waals surface area contributed by atoms with Crippen LogP contribution in [0, 0.1) is 17.8 Å². The van der Waals surface area contributed by atoms with E-state index in [0.29, 0.717) is 22.8 Å². The van der Waals surface area contributed by atoms with Crippen LogP contribution in [0.1, 0.15) is 72.1 Å². The topological polar surface area (TPSA) is 68.5 Å². The molecule has 4 fully saturated rings. The maximum atomic E-state index is 12.8. The van der Waals surface area contributed by atoms with Crippen LogP contribution in [-0.4, -0.2) is 17.2 Å². The van der Waals surface area contributed by atoms with Crippen molar-refractivity contribution in [3.05, 3.63) is 53.5 Å². The minimum absolute atomic E-state index is 0.0201. The Hall–Kier alpha value is -2.56. The molecule has 5 nitrogen and oxygen atoms in total. The molecule has 4 aliphatic carbocycles. The zero-order chi connectivity index (χ0) is 20.0. The van der Waals surface area contributed by atoms with Gasteiger partial charge in [0.1, 0.15) is 18.1 Å². The van der Waals surface area contributed by atoms with E-state index in [-0.39, 0.29) is 23.8 Å². The summed E-state index contributed by atoms with van der Waals surface area (Å²) in [5, 5.41) is 3.34. The zero-order valence-corrected chi connectivity index (χ0v) is 16.8. The van der Waals surface area contributed by atoms with E-state index in [1.807, 2.05) is 0 Å². The highest BCUT2D eigenvalue weighted by Gasteiger charge is 2.51. The molecular weight excluding hydrogens is 366 g/mol. The van der Waals surface area contributed by atoms with E-state index in [1.165, 1.54) is 26.2 Å². The first kappa shape index (κ1) is 18.5. The molecule has 6 rings (SSSR count). The fourth-order valence-electron chi connectivity index (χ4n) is 6.08. The molecule has 152 valence electrons. The van der Waals surface area contributed by atoms with Gasteiger partial charge in [-0.15, -0.1) is 0 Å². The third kappa shape index (κ3) is 3.70. The van der Waals surface area contributed by atoms with Crippen LogP contribution in [0.25, 0.3) is 0 Å². The van der Waals surface area contributed by atoms with Crippen LogP contribution in [0.3, 0.4) is 0 Å². The number of hydrogen-bond donors (Lipinski definition) is 1. The Balaban J connectivity index is 1.20. The van der Waals surface area contributed by atoms with E-state index in [1.54, 1.807) is 36.4 Å². The van der Waals surface area contributed by atoms with Gasteiger partial charge < -0.3 is 14.5 Å². The van der Waals surface area contributed by atoms with Gasteiger partial charge in [0.05, 0.1) is 0 Å². The molecule has 0 atom stereocenters. The van der Waals surface area contributed by atoms with E-state index in [4.69, 9.17) is 9.15 Å². The number of ketones is 1. The lowest BCUT2D eigenvalue weighted by Gasteiger charge is -2.56. The molecule has 5 heteroatoms. The van der Waals surface area contributed by atoms with E-state index >= 15 is 0 Å². The average Bonchev–Trinajstić information content (AvgIpc) is 3.14. The van der Waals surface area contributed by atoms with Crippen molar-refractivity contribution >= 4 is 11.7 Å². The Morgan fingerprint density at radius 1 is 1.00 bits per heavy atom. The van der Waals surface area contributed by atoms with Gasteiger partial charge in [-0.3, -0.25) is 9.59 Å². The van der Waals surface area contributed by atoms with Crippen LogP contribution in [0.15, 0.2) is 40.8 Å². The largest absolute Gasteiger partial charge is 0.486 e. The summed E-state index contributed by atoms with van der Waals surface area (Å²) in [6.45, 7) is 1.78. The van der Waals surface area contributed by atoms with Crippen molar-refractivity contribution in [3.63, 3.8) is 0 Å². The number of furan rings is 1. The molecule has 0 saturated heterocycles. The number of carbonyl (C=O) groups is 2. The fourth-order valence-corrected chi connectivity index (χ4v) is 6.08. The van der Waals surface area contributed by atoms with E-state index in [9.17, 15) is 9.59 Å². The Morgan fingerprint density at radius 3 is 2.21 bits per heavy atom. The number of hydrogen-bond acceptors (Lipinski definition) is 4.